The number of nitrogen functional groups attached to an aromatic ring is 1. The number of aromatic nitrogens is 2. The summed E-state index contributed by atoms with van der Waals surface area (Å²) in [6, 6.07) is 5.45. The molecule has 0 spiro atoms. The van der Waals surface area contributed by atoms with Gasteiger partial charge in [-0.1, -0.05) is 6.07 Å². The van der Waals surface area contributed by atoms with Crippen molar-refractivity contribution in [1.29, 1.82) is 0 Å². The van der Waals surface area contributed by atoms with Crippen molar-refractivity contribution in [1.82, 2.24) is 9.97 Å². The maximum absolute atomic E-state index is 13.0. The number of hydrogen-bond acceptors (Lipinski definition) is 6. The highest BCUT2D eigenvalue weighted by atomic mass is 19.1. The van der Waals surface area contributed by atoms with Gasteiger partial charge in [-0.05, 0) is 18.2 Å². The van der Waals surface area contributed by atoms with Gasteiger partial charge in [-0.15, -0.1) is 0 Å². The van der Waals surface area contributed by atoms with Crippen LogP contribution in [0, 0.1) is 15.9 Å². The Hall–Kier alpha value is -2.77. The molecular formula is C10H8FN5O2. The van der Waals surface area contributed by atoms with Gasteiger partial charge >= 0.3 is 5.69 Å². The second-order valence-electron chi connectivity index (χ2n) is 3.35. The van der Waals surface area contributed by atoms with Gasteiger partial charge in [0.25, 0.3) is 0 Å². The van der Waals surface area contributed by atoms with E-state index in [2.05, 4.69) is 15.3 Å². The average Bonchev–Trinajstić information content (AvgIpc) is 2.28. The van der Waals surface area contributed by atoms with Crippen LogP contribution in [0.4, 0.5) is 27.5 Å². The lowest BCUT2D eigenvalue weighted by atomic mass is 10.3. The van der Waals surface area contributed by atoms with Gasteiger partial charge in [0.15, 0.2) is 0 Å². The van der Waals surface area contributed by atoms with Crippen LogP contribution in [0.1, 0.15) is 0 Å². The molecule has 0 aliphatic carbocycles. The Morgan fingerprint density at radius 2 is 2.22 bits per heavy atom. The summed E-state index contributed by atoms with van der Waals surface area (Å²) in [7, 11) is 0. The van der Waals surface area contributed by atoms with Crippen molar-refractivity contribution in [3.8, 4) is 0 Å². The van der Waals surface area contributed by atoms with Crippen LogP contribution in [0.2, 0.25) is 0 Å². The molecule has 0 bridgehead atoms. The molecule has 0 aliphatic heterocycles. The number of benzene rings is 1. The Balaban J connectivity index is 2.39. The highest BCUT2D eigenvalue weighted by Gasteiger charge is 2.16. The van der Waals surface area contributed by atoms with Crippen molar-refractivity contribution in [3.05, 3.63) is 46.4 Å². The molecule has 18 heavy (non-hydrogen) atoms. The second-order valence-corrected chi connectivity index (χ2v) is 3.35. The molecule has 0 unspecified atom stereocenters. The molecule has 1 aromatic heterocycles. The standard InChI is InChI=1S/C10H8FN5O2/c11-6-2-1-3-7(4-6)14-9-8(16(17)18)5-13-10(12)15-9/h1-5H,(H3,12,13,14,15). The van der Waals surface area contributed by atoms with E-state index in [1.165, 1.54) is 18.2 Å². The first-order valence-electron chi connectivity index (χ1n) is 4.86. The van der Waals surface area contributed by atoms with Crippen LogP contribution in [-0.2, 0) is 0 Å². The SMILES string of the molecule is Nc1ncc([N+](=O)[O-])c(Nc2cccc(F)c2)n1. The molecule has 1 heterocycles. The summed E-state index contributed by atoms with van der Waals surface area (Å²) in [5.41, 5.74) is 5.34. The Bertz CT molecular complexity index is 605. The molecule has 8 heteroatoms. The van der Waals surface area contributed by atoms with E-state index in [9.17, 15) is 14.5 Å². The molecule has 3 N–H and O–H groups in total. The van der Waals surface area contributed by atoms with Crippen molar-refractivity contribution < 1.29 is 9.31 Å². The van der Waals surface area contributed by atoms with Gasteiger partial charge in [-0.3, -0.25) is 10.1 Å². The van der Waals surface area contributed by atoms with Gasteiger partial charge in [0.2, 0.25) is 11.8 Å². The quantitative estimate of drug-likeness (QED) is 0.635. The number of nitrogens with two attached hydrogens (primary N) is 1. The topological polar surface area (TPSA) is 107 Å². The molecule has 0 amide bonds. The lowest BCUT2D eigenvalue weighted by Crippen LogP contribution is -2.04. The molecule has 7 nitrogen and oxygen atoms in total. The third kappa shape index (κ3) is 2.48. The van der Waals surface area contributed by atoms with Crippen LogP contribution in [0.15, 0.2) is 30.5 Å². The fourth-order valence-electron chi connectivity index (χ4n) is 1.32. The first-order chi connectivity index (χ1) is 8.56. The minimum atomic E-state index is -0.652. The molecule has 0 radical (unpaired) electrons. The number of nitrogens with zero attached hydrogens (tertiary/aromatic N) is 3. The van der Waals surface area contributed by atoms with Crippen molar-refractivity contribution in [2.24, 2.45) is 0 Å². The van der Waals surface area contributed by atoms with Gasteiger partial charge in [0, 0.05) is 5.69 Å². The monoisotopic (exact) mass is 249 g/mol. The zero-order chi connectivity index (χ0) is 13.1. The number of nitro groups is 1. The van der Waals surface area contributed by atoms with E-state index in [0.717, 1.165) is 6.20 Å². The van der Waals surface area contributed by atoms with Gasteiger partial charge < -0.3 is 11.1 Å². The Kier molecular flexibility index (Phi) is 3.00. The maximum Gasteiger partial charge on any atom is 0.329 e. The van der Waals surface area contributed by atoms with E-state index < -0.39 is 10.7 Å². The van der Waals surface area contributed by atoms with E-state index >= 15 is 0 Å². The van der Waals surface area contributed by atoms with E-state index in [4.69, 9.17) is 5.73 Å². The summed E-state index contributed by atoms with van der Waals surface area (Å²) >= 11 is 0. The van der Waals surface area contributed by atoms with E-state index in [1.807, 2.05) is 0 Å². The van der Waals surface area contributed by atoms with Crippen LogP contribution < -0.4 is 11.1 Å². The number of rotatable bonds is 3. The first-order valence-corrected chi connectivity index (χ1v) is 4.86. The normalized spacial score (nSPS) is 10.1. The summed E-state index contributed by atoms with van der Waals surface area (Å²) in [5, 5.41) is 13.4. The Morgan fingerprint density at radius 1 is 1.44 bits per heavy atom. The van der Waals surface area contributed by atoms with Crippen LogP contribution in [0.5, 0.6) is 0 Å². The summed E-state index contributed by atoms with van der Waals surface area (Å²) in [5.74, 6) is -0.665. The molecule has 0 saturated carbocycles. The summed E-state index contributed by atoms with van der Waals surface area (Å²) in [4.78, 5) is 17.4. The predicted molar refractivity (Wildman–Crippen MR) is 62.8 cm³/mol. The Labute approximate surface area is 101 Å². The summed E-state index contributed by atoms with van der Waals surface area (Å²) in [6.07, 6.45) is 0.990. The van der Waals surface area contributed by atoms with Gasteiger partial charge in [-0.2, -0.15) is 4.98 Å². The maximum atomic E-state index is 13.0. The van der Waals surface area contributed by atoms with Crippen LogP contribution in [0.25, 0.3) is 0 Å². The fraction of sp³-hybridized carbons (Fsp3) is 0. The van der Waals surface area contributed by atoms with Crippen molar-refractivity contribution in [3.63, 3.8) is 0 Å². The molecule has 0 saturated heterocycles. The smallest absolute Gasteiger partial charge is 0.329 e. The minimum absolute atomic E-state index is 0.0851. The lowest BCUT2D eigenvalue weighted by Gasteiger charge is -2.06. The molecule has 2 rings (SSSR count). The summed E-state index contributed by atoms with van der Waals surface area (Å²) < 4.78 is 13.0. The zero-order valence-electron chi connectivity index (χ0n) is 9.00. The number of hydrogen-bond donors (Lipinski definition) is 2. The molecule has 1 aromatic carbocycles. The third-order valence-corrected chi connectivity index (χ3v) is 2.07. The van der Waals surface area contributed by atoms with Crippen LogP contribution in [0.3, 0.4) is 0 Å². The largest absolute Gasteiger partial charge is 0.368 e. The van der Waals surface area contributed by atoms with Crippen molar-refractivity contribution >= 4 is 23.1 Å². The molecule has 0 aliphatic rings. The first kappa shape index (κ1) is 11.7. The van der Waals surface area contributed by atoms with E-state index in [1.54, 1.807) is 6.07 Å². The molecule has 0 atom stereocenters. The zero-order valence-corrected chi connectivity index (χ0v) is 9.00. The molecular weight excluding hydrogens is 241 g/mol. The molecule has 92 valence electrons. The Morgan fingerprint density at radius 3 is 2.89 bits per heavy atom. The molecule has 0 fully saturated rings. The highest BCUT2D eigenvalue weighted by molar-refractivity contribution is 5.65. The van der Waals surface area contributed by atoms with Crippen LogP contribution in [-0.4, -0.2) is 14.9 Å². The van der Waals surface area contributed by atoms with Crippen molar-refractivity contribution in [2.75, 3.05) is 11.1 Å². The van der Waals surface area contributed by atoms with Gasteiger partial charge in [0.1, 0.15) is 12.0 Å². The summed E-state index contributed by atoms with van der Waals surface area (Å²) in [6.45, 7) is 0. The minimum Gasteiger partial charge on any atom is -0.368 e. The number of nitrogens with one attached hydrogen (secondary N) is 1. The van der Waals surface area contributed by atoms with Crippen molar-refractivity contribution in [2.45, 2.75) is 0 Å². The van der Waals surface area contributed by atoms with E-state index in [0.29, 0.717) is 5.69 Å². The highest BCUT2D eigenvalue weighted by Crippen LogP contribution is 2.25. The lowest BCUT2D eigenvalue weighted by molar-refractivity contribution is -0.384. The number of halogens is 1. The molecule has 2 aromatic rings. The third-order valence-electron chi connectivity index (χ3n) is 2.07. The van der Waals surface area contributed by atoms with Gasteiger partial charge in [0.05, 0.1) is 4.92 Å². The predicted octanol–water partition coefficient (Wildman–Crippen LogP) is 1.85. The van der Waals surface area contributed by atoms with E-state index in [-0.39, 0.29) is 17.5 Å². The second kappa shape index (κ2) is 4.62. The van der Waals surface area contributed by atoms with Crippen LogP contribution >= 0.6 is 0 Å². The number of anilines is 3. The average molecular weight is 249 g/mol. The fourth-order valence-corrected chi connectivity index (χ4v) is 1.32. The van der Waals surface area contributed by atoms with Gasteiger partial charge in [-0.25, -0.2) is 9.37 Å².